The third-order valence-electron chi connectivity index (χ3n) is 2.42. The maximum atomic E-state index is 4.28. The number of nitrogens with one attached hydrogen (secondary N) is 1. The molecule has 1 aromatic carbocycles. The summed E-state index contributed by atoms with van der Waals surface area (Å²) < 4.78 is 2.15. The van der Waals surface area contributed by atoms with Gasteiger partial charge in [0.05, 0.1) is 6.20 Å². The van der Waals surface area contributed by atoms with Crippen LogP contribution in [-0.2, 0) is 6.54 Å². The van der Waals surface area contributed by atoms with Gasteiger partial charge in [0, 0.05) is 12.2 Å². The summed E-state index contributed by atoms with van der Waals surface area (Å²) in [5.41, 5.74) is 1.09. The van der Waals surface area contributed by atoms with Gasteiger partial charge in [0.2, 0.25) is 0 Å². The molecule has 0 radical (unpaired) electrons. The fraction of sp³-hybridized carbons (Fsp3) is 0.250. The second kappa shape index (κ2) is 4.17. The Hall–Kier alpha value is -1.77. The highest BCUT2D eigenvalue weighted by Crippen LogP contribution is 2.17. The Bertz CT molecular complexity index is 431. The number of anilines is 2. The van der Waals surface area contributed by atoms with Crippen LogP contribution in [-0.4, -0.2) is 9.55 Å². The minimum absolute atomic E-state index is 0.932. The van der Waals surface area contributed by atoms with Crippen LogP contribution in [0.15, 0.2) is 36.5 Å². The maximum Gasteiger partial charge on any atom is 0.130 e. The Labute approximate surface area is 89.8 Å². The second-order valence-electron chi connectivity index (χ2n) is 3.43. The fourth-order valence-electron chi connectivity index (χ4n) is 1.64. The van der Waals surface area contributed by atoms with Gasteiger partial charge in [0.1, 0.15) is 11.6 Å². The molecule has 0 spiro atoms. The summed E-state index contributed by atoms with van der Waals surface area (Å²) in [4.78, 5) is 4.28. The van der Waals surface area contributed by atoms with Crippen LogP contribution >= 0.6 is 0 Å². The summed E-state index contributed by atoms with van der Waals surface area (Å²) in [5.74, 6) is 2.08. The van der Waals surface area contributed by atoms with E-state index in [4.69, 9.17) is 0 Å². The van der Waals surface area contributed by atoms with Gasteiger partial charge >= 0.3 is 0 Å². The molecule has 0 fully saturated rings. The van der Waals surface area contributed by atoms with Crippen LogP contribution in [0.4, 0.5) is 11.5 Å². The Morgan fingerprint density at radius 2 is 2.00 bits per heavy atom. The van der Waals surface area contributed by atoms with Crippen molar-refractivity contribution in [3.05, 3.63) is 42.4 Å². The number of para-hydroxylation sites is 1. The lowest BCUT2D eigenvalue weighted by Gasteiger charge is -2.09. The van der Waals surface area contributed by atoms with E-state index in [1.165, 1.54) is 0 Å². The summed E-state index contributed by atoms with van der Waals surface area (Å²) in [5, 5.41) is 3.34. The molecule has 0 aliphatic heterocycles. The summed E-state index contributed by atoms with van der Waals surface area (Å²) in [7, 11) is 0. The highest BCUT2D eigenvalue weighted by Gasteiger charge is 2.03. The number of imidazole rings is 1. The van der Waals surface area contributed by atoms with Gasteiger partial charge in [-0.2, -0.15) is 0 Å². The SMILES string of the molecule is CCn1c(Nc2ccccc2)cnc1C. The number of nitrogens with zero attached hydrogens (tertiary/aromatic N) is 2. The van der Waals surface area contributed by atoms with E-state index >= 15 is 0 Å². The highest BCUT2D eigenvalue weighted by atomic mass is 15.2. The summed E-state index contributed by atoms with van der Waals surface area (Å²) in [6.07, 6.45) is 1.87. The van der Waals surface area contributed by atoms with Crippen molar-refractivity contribution in [2.75, 3.05) is 5.32 Å². The normalized spacial score (nSPS) is 10.3. The van der Waals surface area contributed by atoms with Crippen molar-refractivity contribution in [1.82, 2.24) is 9.55 Å². The van der Waals surface area contributed by atoms with Crippen molar-refractivity contribution in [1.29, 1.82) is 0 Å². The molecule has 1 aromatic heterocycles. The molecule has 1 N–H and O–H groups in total. The number of benzene rings is 1. The molecule has 0 aliphatic carbocycles. The van der Waals surface area contributed by atoms with Gasteiger partial charge < -0.3 is 9.88 Å². The van der Waals surface area contributed by atoms with Crippen molar-refractivity contribution in [3.63, 3.8) is 0 Å². The topological polar surface area (TPSA) is 29.9 Å². The van der Waals surface area contributed by atoms with Crippen LogP contribution < -0.4 is 5.32 Å². The first-order chi connectivity index (χ1) is 7.31. The van der Waals surface area contributed by atoms with Gasteiger partial charge in [0.25, 0.3) is 0 Å². The second-order valence-corrected chi connectivity index (χ2v) is 3.43. The molecule has 0 amide bonds. The predicted octanol–water partition coefficient (Wildman–Crippen LogP) is 2.96. The summed E-state index contributed by atoms with van der Waals surface area (Å²) in [6.45, 7) is 5.06. The zero-order chi connectivity index (χ0) is 10.7. The average molecular weight is 201 g/mol. The lowest BCUT2D eigenvalue weighted by molar-refractivity contribution is 0.738. The molecule has 3 nitrogen and oxygen atoms in total. The van der Waals surface area contributed by atoms with Crippen LogP contribution in [0.2, 0.25) is 0 Å². The molecule has 0 saturated carbocycles. The van der Waals surface area contributed by atoms with Crippen molar-refractivity contribution in [2.45, 2.75) is 20.4 Å². The van der Waals surface area contributed by atoms with Crippen LogP contribution in [0.5, 0.6) is 0 Å². The fourth-order valence-corrected chi connectivity index (χ4v) is 1.64. The molecular formula is C12H15N3. The maximum absolute atomic E-state index is 4.28. The minimum atomic E-state index is 0.932. The zero-order valence-corrected chi connectivity index (χ0v) is 9.07. The van der Waals surface area contributed by atoms with E-state index in [0.29, 0.717) is 0 Å². The molecule has 0 bridgehead atoms. The Balaban J connectivity index is 2.25. The first-order valence-electron chi connectivity index (χ1n) is 5.15. The third-order valence-corrected chi connectivity index (χ3v) is 2.42. The average Bonchev–Trinajstić information content (AvgIpc) is 2.61. The molecule has 2 aromatic rings. The van der Waals surface area contributed by atoms with Crippen molar-refractivity contribution in [3.8, 4) is 0 Å². The van der Waals surface area contributed by atoms with Gasteiger partial charge in [-0.1, -0.05) is 18.2 Å². The summed E-state index contributed by atoms with van der Waals surface area (Å²) in [6, 6.07) is 10.1. The van der Waals surface area contributed by atoms with Crippen LogP contribution in [0.25, 0.3) is 0 Å². The van der Waals surface area contributed by atoms with E-state index in [1.54, 1.807) is 0 Å². The van der Waals surface area contributed by atoms with Crippen molar-refractivity contribution < 1.29 is 0 Å². The van der Waals surface area contributed by atoms with E-state index in [-0.39, 0.29) is 0 Å². The number of rotatable bonds is 3. The summed E-state index contributed by atoms with van der Waals surface area (Å²) >= 11 is 0. The Morgan fingerprint density at radius 1 is 1.27 bits per heavy atom. The van der Waals surface area contributed by atoms with Crippen molar-refractivity contribution >= 4 is 11.5 Å². The van der Waals surface area contributed by atoms with Crippen LogP contribution in [0.3, 0.4) is 0 Å². The number of hydrogen-bond acceptors (Lipinski definition) is 2. The van der Waals surface area contributed by atoms with E-state index in [9.17, 15) is 0 Å². The molecular weight excluding hydrogens is 186 g/mol. The van der Waals surface area contributed by atoms with E-state index in [1.807, 2.05) is 43.5 Å². The van der Waals surface area contributed by atoms with E-state index in [2.05, 4.69) is 21.8 Å². The molecule has 0 saturated heterocycles. The van der Waals surface area contributed by atoms with E-state index in [0.717, 1.165) is 23.9 Å². The number of aromatic nitrogens is 2. The zero-order valence-electron chi connectivity index (χ0n) is 9.07. The number of aryl methyl sites for hydroxylation is 1. The molecule has 0 aliphatic rings. The first-order valence-corrected chi connectivity index (χ1v) is 5.15. The quantitative estimate of drug-likeness (QED) is 0.827. The van der Waals surface area contributed by atoms with Crippen LogP contribution in [0.1, 0.15) is 12.7 Å². The monoisotopic (exact) mass is 201 g/mol. The highest BCUT2D eigenvalue weighted by molar-refractivity contribution is 5.55. The predicted molar refractivity (Wildman–Crippen MR) is 62.4 cm³/mol. The largest absolute Gasteiger partial charge is 0.340 e. The van der Waals surface area contributed by atoms with Gasteiger partial charge in [-0.25, -0.2) is 4.98 Å². The molecule has 0 unspecified atom stereocenters. The molecule has 3 heteroatoms. The van der Waals surface area contributed by atoms with Gasteiger partial charge in [-0.15, -0.1) is 0 Å². The van der Waals surface area contributed by atoms with Gasteiger partial charge in [0.15, 0.2) is 0 Å². The first kappa shape index (κ1) is 9.77. The molecule has 78 valence electrons. The van der Waals surface area contributed by atoms with E-state index < -0.39 is 0 Å². The van der Waals surface area contributed by atoms with Crippen molar-refractivity contribution in [2.24, 2.45) is 0 Å². The lowest BCUT2D eigenvalue weighted by Crippen LogP contribution is -2.02. The molecule has 0 atom stereocenters. The lowest BCUT2D eigenvalue weighted by atomic mass is 10.3. The van der Waals surface area contributed by atoms with Crippen LogP contribution in [0, 0.1) is 6.92 Å². The number of hydrogen-bond donors (Lipinski definition) is 1. The minimum Gasteiger partial charge on any atom is -0.340 e. The smallest absolute Gasteiger partial charge is 0.130 e. The molecule has 2 rings (SSSR count). The Kier molecular flexibility index (Phi) is 2.72. The van der Waals surface area contributed by atoms with Gasteiger partial charge in [-0.3, -0.25) is 0 Å². The Morgan fingerprint density at radius 3 is 2.67 bits per heavy atom. The van der Waals surface area contributed by atoms with Gasteiger partial charge in [-0.05, 0) is 26.0 Å². The molecule has 15 heavy (non-hydrogen) atoms. The molecule has 1 heterocycles. The third kappa shape index (κ3) is 2.01. The standard InChI is InChI=1S/C12H15N3/c1-3-15-10(2)13-9-12(15)14-11-7-5-4-6-8-11/h4-9,14H,3H2,1-2H3.